The minimum Gasteiger partial charge on any atom is -0.493 e. The highest BCUT2D eigenvalue weighted by Crippen LogP contribution is 2.27. The van der Waals surface area contributed by atoms with Crippen molar-refractivity contribution in [1.82, 2.24) is 10.6 Å². The minimum atomic E-state index is -0.758. The summed E-state index contributed by atoms with van der Waals surface area (Å²) in [6.45, 7) is 3.74. The van der Waals surface area contributed by atoms with Crippen LogP contribution in [-0.2, 0) is 22.4 Å². The third-order valence-corrected chi connectivity index (χ3v) is 4.38. The molecule has 2 aromatic carbocycles. The number of guanidine groups is 1. The Morgan fingerprint density at radius 2 is 1.68 bits per heavy atom. The summed E-state index contributed by atoms with van der Waals surface area (Å²) in [5.74, 6) is 0.396. The Morgan fingerprint density at radius 3 is 2.29 bits per heavy atom. The van der Waals surface area contributed by atoms with Crippen molar-refractivity contribution in [3.8, 4) is 11.5 Å². The molecule has 0 fully saturated rings. The van der Waals surface area contributed by atoms with Gasteiger partial charge in [-0.2, -0.15) is 0 Å². The van der Waals surface area contributed by atoms with E-state index in [4.69, 9.17) is 15.2 Å². The highest BCUT2D eigenvalue weighted by atomic mass is 16.5. The number of carbonyl (C=O) groups excluding carboxylic acids is 2. The van der Waals surface area contributed by atoms with E-state index >= 15 is 0 Å². The Kier molecular flexibility index (Phi) is 8.87. The molecule has 2 rings (SSSR count). The van der Waals surface area contributed by atoms with Crippen LogP contribution >= 0.6 is 0 Å². The van der Waals surface area contributed by atoms with Crippen LogP contribution in [0.4, 0.5) is 0 Å². The maximum atomic E-state index is 12.6. The number of amides is 2. The van der Waals surface area contributed by atoms with Gasteiger partial charge in [-0.3, -0.25) is 14.9 Å². The van der Waals surface area contributed by atoms with E-state index in [-0.39, 0.29) is 30.2 Å². The normalized spacial score (nSPS) is 12.2. The zero-order valence-corrected chi connectivity index (χ0v) is 18.3. The molecule has 0 aliphatic carbocycles. The lowest BCUT2D eigenvalue weighted by Gasteiger charge is -2.16. The van der Waals surface area contributed by atoms with Crippen molar-refractivity contribution in [3.63, 3.8) is 0 Å². The van der Waals surface area contributed by atoms with Gasteiger partial charge >= 0.3 is 0 Å². The molecule has 8 heteroatoms. The average Bonchev–Trinajstić information content (AvgIpc) is 2.73. The third kappa shape index (κ3) is 7.65. The number of rotatable bonds is 9. The number of hydrogen-bond donors (Lipinski definition) is 3. The summed E-state index contributed by atoms with van der Waals surface area (Å²) in [6, 6.07) is 13.9. The molecule has 0 aliphatic heterocycles. The van der Waals surface area contributed by atoms with Crippen molar-refractivity contribution in [1.29, 1.82) is 0 Å². The average molecular weight is 427 g/mol. The molecule has 2 aromatic rings. The van der Waals surface area contributed by atoms with Crippen LogP contribution in [0.1, 0.15) is 25.0 Å². The number of benzene rings is 2. The van der Waals surface area contributed by atoms with Crippen LogP contribution in [0.3, 0.4) is 0 Å². The van der Waals surface area contributed by atoms with Gasteiger partial charge in [-0.25, -0.2) is 4.99 Å². The molecular weight excluding hydrogens is 396 g/mol. The van der Waals surface area contributed by atoms with E-state index < -0.39 is 6.04 Å². The zero-order chi connectivity index (χ0) is 22.8. The van der Waals surface area contributed by atoms with Gasteiger partial charge in [0.1, 0.15) is 6.04 Å². The number of ether oxygens (including phenoxy) is 2. The van der Waals surface area contributed by atoms with Crippen molar-refractivity contribution in [3.05, 3.63) is 59.7 Å². The second-order valence-electron chi connectivity index (χ2n) is 7.30. The number of nitrogens with zero attached hydrogens (tertiary/aromatic N) is 1. The van der Waals surface area contributed by atoms with Crippen molar-refractivity contribution in [2.24, 2.45) is 10.7 Å². The molecule has 1 atom stereocenters. The SMILES string of the molecule is COc1ccc(CC(=O)NC(N)=NC(Cc2ccccc2)C(=O)NC(C)C)cc1OC. The van der Waals surface area contributed by atoms with Gasteiger partial charge in [-0.1, -0.05) is 36.4 Å². The van der Waals surface area contributed by atoms with Gasteiger partial charge in [-0.15, -0.1) is 0 Å². The molecule has 0 heterocycles. The van der Waals surface area contributed by atoms with Crippen LogP contribution in [0.25, 0.3) is 0 Å². The van der Waals surface area contributed by atoms with Gasteiger partial charge < -0.3 is 20.5 Å². The molecule has 0 bridgehead atoms. The summed E-state index contributed by atoms with van der Waals surface area (Å²) >= 11 is 0. The van der Waals surface area contributed by atoms with Crippen LogP contribution in [-0.4, -0.2) is 44.1 Å². The number of nitrogens with two attached hydrogens (primary N) is 1. The summed E-state index contributed by atoms with van der Waals surface area (Å²) < 4.78 is 10.5. The first kappa shape index (κ1) is 23.7. The second kappa shape index (κ2) is 11.6. The fourth-order valence-corrected chi connectivity index (χ4v) is 2.98. The van der Waals surface area contributed by atoms with E-state index in [9.17, 15) is 9.59 Å². The summed E-state index contributed by atoms with van der Waals surface area (Å²) in [5.41, 5.74) is 7.61. The van der Waals surface area contributed by atoms with Crippen molar-refractivity contribution in [2.45, 2.75) is 38.8 Å². The number of methoxy groups -OCH3 is 2. The van der Waals surface area contributed by atoms with E-state index in [1.54, 1.807) is 25.3 Å². The van der Waals surface area contributed by atoms with Gasteiger partial charge in [0.25, 0.3) is 0 Å². The standard InChI is InChI=1S/C23H30N4O4/c1-15(2)25-22(29)18(12-16-8-6-5-7-9-16)26-23(24)27-21(28)14-17-10-11-19(30-3)20(13-17)31-4/h5-11,13,15,18H,12,14H2,1-4H3,(H,25,29)(H3,24,26,27,28). The van der Waals surface area contributed by atoms with Crippen LogP contribution < -0.4 is 25.8 Å². The highest BCUT2D eigenvalue weighted by molar-refractivity contribution is 5.98. The smallest absolute Gasteiger partial charge is 0.245 e. The number of nitrogens with one attached hydrogen (secondary N) is 2. The fraction of sp³-hybridized carbons (Fsp3) is 0.348. The van der Waals surface area contributed by atoms with Gasteiger partial charge in [0.05, 0.1) is 20.6 Å². The first-order valence-corrected chi connectivity index (χ1v) is 10.0. The van der Waals surface area contributed by atoms with E-state index in [1.807, 2.05) is 44.2 Å². The van der Waals surface area contributed by atoms with Crippen molar-refractivity contribution in [2.75, 3.05) is 14.2 Å². The topological polar surface area (TPSA) is 115 Å². The summed E-state index contributed by atoms with van der Waals surface area (Å²) in [6.07, 6.45) is 0.434. The highest BCUT2D eigenvalue weighted by Gasteiger charge is 2.20. The molecular formula is C23H30N4O4. The summed E-state index contributed by atoms with van der Waals surface area (Å²) in [5, 5.41) is 5.40. The number of carbonyl (C=O) groups is 2. The predicted molar refractivity (Wildman–Crippen MR) is 120 cm³/mol. The second-order valence-corrected chi connectivity index (χ2v) is 7.30. The Labute approximate surface area is 182 Å². The quantitative estimate of drug-likeness (QED) is 0.418. The molecule has 0 spiro atoms. The molecule has 0 aliphatic rings. The molecule has 2 amide bonds. The van der Waals surface area contributed by atoms with Crippen molar-refractivity contribution >= 4 is 17.8 Å². The van der Waals surface area contributed by atoms with E-state index in [1.165, 1.54) is 7.11 Å². The lowest BCUT2D eigenvalue weighted by Crippen LogP contribution is -2.43. The first-order chi connectivity index (χ1) is 14.8. The van der Waals surface area contributed by atoms with Gasteiger partial charge in [-0.05, 0) is 37.1 Å². The molecule has 4 N–H and O–H groups in total. The largest absolute Gasteiger partial charge is 0.493 e. The van der Waals surface area contributed by atoms with E-state index in [0.717, 1.165) is 11.1 Å². The molecule has 0 aromatic heterocycles. The van der Waals surface area contributed by atoms with Crippen LogP contribution in [0, 0.1) is 0 Å². The van der Waals surface area contributed by atoms with E-state index in [0.29, 0.717) is 17.9 Å². The third-order valence-electron chi connectivity index (χ3n) is 4.38. The number of hydrogen-bond acceptors (Lipinski definition) is 5. The van der Waals surface area contributed by atoms with Gasteiger partial charge in [0, 0.05) is 12.5 Å². The van der Waals surface area contributed by atoms with Crippen LogP contribution in [0.15, 0.2) is 53.5 Å². The summed E-state index contributed by atoms with van der Waals surface area (Å²) in [7, 11) is 3.07. The molecule has 0 saturated heterocycles. The van der Waals surface area contributed by atoms with E-state index in [2.05, 4.69) is 15.6 Å². The maximum Gasteiger partial charge on any atom is 0.245 e. The lowest BCUT2D eigenvalue weighted by atomic mass is 10.1. The predicted octanol–water partition coefficient (Wildman–Crippen LogP) is 1.81. The fourth-order valence-electron chi connectivity index (χ4n) is 2.98. The molecule has 0 radical (unpaired) electrons. The van der Waals surface area contributed by atoms with Crippen LogP contribution in [0.5, 0.6) is 11.5 Å². The zero-order valence-electron chi connectivity index (χ0n) is 18.3. The van der Waals surface area contributed by atoms with Crippen LogP contribution in [0.2, 0.25) is 0 Å². The molecule has 166 valence electrons. The molecule has 1 unspecified atom stereocenters. The molecule has 31 heavy (non-hydrogen) atoms. The molecule has 8 nitrogen and oxygen atoms in total. The first-order valence-electron chi connectivity index (χ1n) is 10.0. The lowest BCUT2D eigenvalue weighted by molar-refractivity contribution is -0.123. The molecule has 0 saturated carbocycles. The Morgan fingerprint density at radius 1 is 1.00 bits per heavy atom. The van der Waals surface area contributed by atoms with Crippen molar-refractivity contribution < 1.29 is 19.1 Å². The minimum absolute atomic E-state index is 0.0400. The van der Waals surface area contributed by atoms with Gasteiger partial charge in [0.2, 0.25) is 11.8 Å². The Hall–Kier alpha value is -3.55. The Balaban J connectivity index is 2.09. The number of aliphatic imine (C=N–C) groups is 1. The maximum absolute atomic E-state index is 12.6. The Bertz CT molecular complexity index is 913. The monoisotopic (exact) mass is 426 g/mol. The summed E-state index contributed by atoms with van der Waals surface area (Å²) in [4.78, 5) is 29.3. The van der Waals surface area contributed by atoms with Gasteiger partial charge in [0.15, 0.2) is 17.5 Å².